The van der Waals surface area contributed by atoms with E-state index in [9.17, 15) is 4.79 Å². The van der Waals surface area contributed by atoms with Gasteiger partial charge in [-0.15, -0.1) is 11.3 Å². The number of piperidine rings is 1. The Bertz CT molecular complexity index is 428. The molecule has 3 N–H and O–H groups in total. The van der Waals surface area contributed by atoms with E-state index in [4.69, 9.17) is 5.84 Å². The lowest BCUT2D eigenvalue weighted by atomic mass is 9.84. The van der Waals surface area contributed by atoms with Gasteiger partial charge in [-0.1, -0.05) is 13.8 Å². The molecular weight excluding hydrogens is 246 g/mol. The highest BCUT2D eigenvalue weighted by atomic mass is 32.1. The molecule has 2 heterocycles. The van der Waals surface area contributed by atoms with Crippen LogP contribution in [0.15, 0.2) is 11.4 Å². The third kappa shape index (κ3) is 3.10. The number of nitrogens with two attached hydrogens (primary N) is 1. The number of likely N-dealkylation sites (tertiary alicyclic amines) is 1. The first-order valence-electron chi connectivity index (χ1n) is 6.31. The van der Waals surface area contributed by atoms with Crippen molar-refractivity contribution >= 4 is 17.2 Å². The van der Waals surface area contributed by atoms with Crippen molar-refractivity contribution in [3.8, 4) is 0 Å². The predicted octanol–water partition coefficient (Wildman–Crippen LogP) is 1.97. The first-order valence-corrected chi connectivity index (χ1v) is 7.19. The molecule has 1 aliphatic heterocycles. The Morgan fingerprint density at radius 3 is 3.06 bits per heavy atom. The molecule has 0 spiro atoms. The second-order valence-electron chi connectivity index (χ2n) is 5.73. The Kier molecular flexibility index (Phi) is 4.04. The average Bonchev–Trinajstić information content (AvgIpc) is 2.75. The highest BCUT2D eigenvalue weighted by molar-refractivity contribution is 7.12. The molecular formula is C13H21N3OS. The zero-order valence-electron chi connectivity index (χ0n) is 11.0. The van der Waals surface area contributed by atoms with Gasteiger partial charge in [0.15, 0.2) is 0 Å². The minimum atomic E-state index is -0.184. The predicted molar refractivity (Wildman–Crippen MR) is 74.3 cm³/mol. The van der Waals surface area contributed by atoms with Crippen molar-refractivity contribution in [1.29, 1.82) is 0 Å². The number of hydrazine groups is 1. The maximum Gasteiger partial charge on any atom is 0.275 e. The summed E-state index contributed by atoms with van der Waals surface area (Å²) in [5.74, 6) is 5.02. The molecule has 100 valence electrons. The number of nitrogens with one attached hydrogen (secondary N) is 1. The molecule has 0 aliphatic carbocycles. The summed E-state index contributed by atoms with van der Waals surface area (Å²) in [7, 11) is 0. The van der Waals surface area contributed by atoms with Crippen LogP contribution in [0.1, 0.15) is 41.9 Å². The van der Waals surface area contributed by atoms with Gasteiger partial charge in [0.05, 0.1) is 4.88 Å². The standard InChI is InChI=1S/C13H21N3OS/c1-13(2)5-3-6-16(9-13)8-10-4-7-18-11(10)12(17)15-14/h4,7H,3,5-6,8-9,14H2,1-2H3,(H,15,17). The van der Waals surface area contributed by atoms with E-state index in [1.807, 2.05) is 11.4 Å². The van der Waals surface area contributed by atoms with Gasteiger partial charge < -0.3 is 0 Å². The maximum atomic E-state index is 11.6. The van der Waals surface area contributed by atoms with Crippen molar-refractivity contribution in [2.75, 3.05) is 13.1 Å². The van der Waals surface area contributed by atoms with E-state index >= 15 is 0 Å². The SMILES string of the molecule is CC1(C)CCCN(Cc2ccsc2C(=O)NN)C1. The van der Waals surface area contributed by atoms with Crippen LogP contribution < -0.4 is 11.3 Å². The molecule has 18 heavy (non-hydrogen) atoms. The molecule has 0 aromatic carbocycles. The van der Waals surface area contributed by atoms with Gasteiger partial charge in [-0.25, -0.2) is 5.84 Å². The maximum absolute atomic E-state index is 11.6. The van der Waals surface area contributed by atoms with Crippen LogP contribution in [0.3, 0.4) is 0 Å². The Balaban J connectivity index is 2.05. The monoisotopic (exact) mass is 267 g/mol. The highest BCUT2D eigenvalue weighted by Gasteiger charge is 2.27. The second kappa shape index (κ2) is 5.38. The Hall–Kier alpha value is -0.910. The van der Waals surface area contributed by atoms with Crippen molar-refractivity contribution in [1.82, 2.24) is 10.3 Å². The van der Waals surface area contributed by atoms with Crippen LogP contribution in [0.5, 0.6) is 0 Å². The minimum Gasteiger partial charge on any atom is -0.298 e. The van der Waals surface area contributed by atoms with E-state index < -0.39 is 0 Å². The molecule has 5 heteroatoms. The van der Waals surface area contributed by atoms with Crippen molar-refractivity contribution in [3.63, 3.8) is 0 Å². The molecule has 0 atom stereocenters. The molecule has 1 amide bonds. The number of nitrogens with zero attached hydrogens (tertiary/aromatic N) is 1. The number of nitrogen functional groups attached to an aromatic ring is 1. The summed E-state index contributed by atoms with van der Waals surface area (Å²) in [6.07, 6.45) is 2.51. The first kappa shape index (κ1) is 13.5. The van der Waals surface area contributed by atoms with E-state index in [2.05, 4.69) is 24.2 Å². The molecule has 0 radical (unpaired) electrons. The van der Waals surface area contributed by atoms with Gasteiger partial charge >= 0.3 is 0 Å². The topological polar surface area (TPSA) is 58.4 Å². The van der Waals surface area contributed by atoms with E-state index in [1.165, 1.54) is 24.2 Å². The Morgan fingerprint density at radius 2 is 2.39 bits per heavy atom. The lowest BCUT2D eigenvalue weighted by molar-refractivity contribution is 0.0950. The number of carbonyl (C=O) groups is 1. The molecule has 1 aromatic rings. The van der Waals surface area contributed by atoms with Gasteiger partial charge in [0.2, 0.25) is 0 Å². The largest absolute Gasteiger partial charge is 0.298 e. The Morgan fingerprint density at radius 1 is 1.61 bits per heavy atom. The zero-order chi connectivity index (χ0) is 13.2. The van der Waals surface area contributed by atoms with E-state index in [0.717, 1.165) is 30.1 Å². The highest BCUT2D eigenvalue weighted by Crippen LogP contribution is 2.30. The molecule has 1 aliphatic rings. The van der Waals surface area contributed by atoms with Crippen LogP contribution >= 0.6 is 11.3 Å². The van der Waals surface area contributed by atoms with Crippen molar-refractivity contribution in [2.24, 2.45) is 11.3 Å². The number of hydrogen-bond donors (Lipinski definition) is 2. The van der Waals surface area contributed by atoms with Gasteiger partial charge in [-0.3, -0.25) is 15.1 Å². The summed E-state index contributed by atoms with van der Waals surface area (Å²) < 4.78 is 0. The minimum absolute atomic E-state index is 0.184. The number of rotatable bonds is 3. The average molecular weight is 267 g/mol. The lowest BCUT2D eigenvalue weighted by Crippen LogP contribution is -2.40. The quantitative estimate of drug-likeness (QED) is 0.500. The van der Waals surface area contributed by atoms with Crippen LogP contribution in [0.2, 0.25) is 0 Å². The summed E-state index contributed by atoms with van der Waals surface area (Å²) in [4.78, 5) is 14.8. The van der Waals surface area contributed by atoms with Gasteiger partial charge in [0, 0.05) is 13.1 Å². The van der Waals surface area contributed by atoms with Crippen LogP contribution in [0, 0.1) is 5.41 Å². The fraction of sp³-hybridized carbons (Fsp3) is 0.615. The first-order chi connectivity index (χ1) is 8.52. The van der Waals surface area contributed by atoms with Gasteiger partial charge in [0.1, 0.15) is 0 Å². The van der Waals surface area contributed by atoms with E-state index in [-0.39, 0.29) is 5.91 Å². The van der Waals surface area contributed by atoms with Crippen molar-refractivity contribution in [3.05, 3.63) is 21.9 Å². The van der Waals surface area contributed by atoms with Gasteiger partial charge in [0.25, 0.3) is 5.91 Å². The smallest absolute Gasteiger partial charge is 0.275 e. The van der Waals surface area contributed by atoms with E-state index in [1.54, 1.807) is 0 Å². The summed E-state index contributed by atoms with van der Waals surface area (Å²) in [5, 5.41) is 1.95. The molecule has 1 saturated heterocycles. The molecule has 1 aromatic heterocycles. The van der Waals surface area contributed by atoms with Crippen LogP contribution in [-0.2, 0) is 6.54 Å². The second-order valence-corrected chi connectivity index (χ2v) is 6.64. The lowest BCUT2D eigenvalue weighted by Gasteiger charge is -2.38. The van der Waals surface area contributed by atoms with Crippen LogP contribution in [-0.4, -0.2) is 23.9 Å². The fourth-order valence-corrected chi connectivity index (χ4v) is 3.46. The van der Waals surface area contributed by atoms with Crippen LogP contribution in [0.4, 0.5) is 0 Å². The summed E-state index contributed by atoms with van der Waals surface area (Å²) in [5.41, 5.74) is 3.68. The molecule has 2 rings (SSSR count). The number of carbonyl (C=O) groups excluding carboxylic acids is 1. The summed E-state index contributed by atoms with van der Waals surface area (Å²) in [6, 6.07) is 2.02. The van der Waals surface area contributed by atoms with E-state index in [0.29, 0.717) is 5.41 Å². The molecule has 0 saturated carbocycles. The zero-order valence-corrected chi connectivity index (χ0v) is 11.8. The third-order valence-electron chi connectivity index (χ3n) is 3.46. The normalized spacial score (nSPS) is 19.7. The molecule has 4 nitrogen and oxygen atoms in total. The summed E-state index contributed by atoms with van der Waals surface area (Å²) in [6.45, 7) is 7.66. The van der Waals surface area contributed by atoms with Crippen LogP contribution in [0.25, 0.3) is 0 Å². The number of amides is 1. The third-order valence-corrected chi connectivity index (χ3v) is 4.41. The summed E-state index contributed by atoms with van der Waals surface area (Å²) >= 11 is 1.45. The molecule has 1 fully saturated rings. The number of hydrogen-bond acceptors (Lipinski definition) is 4. The fourth-order valence-electron chi connectivity index (χ4n) is 2.65. The molecule has 0 unspecified atom stereocenters. The van der Waals surface area contributed by atoms with Crippen molar-refractivity contribution < 1.29 is 4.79 Å². The van der Waals surface area contributed by atoms with Gasteiger partial charge in [-0.2, -0.15) is 0 Å². The molecule has 0 bridgehead atoms. The van der Waals surface area contributed by atoms with Gasteiger partial charge in [-0.05, 0) is 41.8 Å². The Labute approximate surface area is 112 Å². The number of thiophene rings is 1. The van der Waals surface area contributed by atoms with Crippen molar-refractivity contribution in [2.45, 2.75) is 33.2 Å².